The smallest absolute Gasteiger partial charge is 0.120 e. The molecule has 0 N–H and O–H groups in total. The van der Waals surface area contributed by atoms with E-state index < -0.39 is 0 Å². The van der Waals surface area contributed by atoms with Gasteiger partial charge in [0.2, 0.25) is 0 Å². The van der Waals surface area contributed by atoms with Crippen LogP contribution in [0, 0.1) is 0 Å². The predicted octanol–water partition coefficient (Wildman–Crippen LogP) is 4.81. The number of rotatable bonds is 2. The van der Waals surface area contributed by atoms with Gasteiger partial charge in [0.25, 0.3) is 0 Å². The normalized spacial score (nSPS) is 24.3. The lowest BCUT2D eigenvalue weighted by Gasteiger charge is -2.27. The van der Waals surface area contributed by atoms with Crippen molar-refractivity contribution in [2.24, 2.45) is 0 Å². The van der Waals surface area contributed by atoms with Gasteiger partial charge in [0, 0.05) is 4.83 Å². The van der Waals surface area contributed by atoms with Gasteiger partial charge in [-0.05, 0) is 55.9 Å². The highest BCUT2D eigenvalue weighted by molar-refractivity contribution is 9.09. The largest absolute Gasteiger partial charge is 0.491 e. The molecule has 2 heteroatoms. The number of benzene rings is 1. The average molecular weight is 283 g/mol. The molecule has 2 unspecified atom stereocenters. The minimum absolute atomic E-state index is 0.243. The number of halogens is 1. The number of hydrogen-bond donors (Lipinski definition) is 0. The molecule has 2 atom stereocenters. The Hall–Kier alpha value is -0.500. The highest BCUT2D eigenvalue weighted by Crippen LogP contribution is 2.43. The lowest BCUT2D eigenvalue weighted by atomic mass is 9.84. The number of ether oxygens (including phenoxy) is 1. The molecule has 1 aromatic carbocycles. The summed E-state index contributed by atoms with van der Waals surface area (Å²) in [6, 6.07) is 6.52. The van der Waals surface area contributed by atoms with Crippen LogP contribution in [-0.2, 0) is 0 Å². The first-order chi connectivity index (χ1) is 7.58. The summed E-state index contributed by atoms with van der Waals surface area (Å²) in [5, 5.41) is 0. The summed E-state index contributed by atoms with van der Waals surface area (Å²) in [6.45, 7) is 6.43. The van der Waals surface area contributed by atoms with Crippen LogP contribution in [0.4, 0.5) is 0 Å². The van der Waals surface area contributed by atoms with E-state index >= 15 is 0 Å². The van der Waals surface area contributed by atoms with Crippen molar-refractivity contribution in [3.8, 4) is 5.75 Å². The zero-order valence-corrected chi connectivity index (χ0v) is 11.8. The molecule has 88 valence electrons. The van der Waals surface area contributed by atoms with Crippen molar-refractivity contribution in [1.82, 2.24) is 0 Å². The van der Waals surface area contributed by atoms with E-state index in [1.165, 1.54) is 24.0 Å². The van der Waals surface area contributed by atoms with Gasteiger partial charge in [0.1, 0.15) is 5.75 Å². The lowest BCUT2D eigenvalue weighted by molar-refractivity contribution is 0.242. The van der Waals surface area contributed by atoms with Crippen LogP contribution in [-0.4, -0.2) is 6.10 Å². The molecule has 0 bridgehead atoms. The topological polar surface area (TPSA) is 9.23 Å². The van der Waals surface area contributed by atoms with Gasteiger partial charge in [-0.15, -0.1) is 0 Å². The van der Waals surface area contributed by atoms with Crippen molar-refractivity contribution in [3.05, 3.63) is 29.3 Å². The van der Waals surface area contributed by atoms with E-state index in [1.807, 2.05) is 0 Å². The van der Waals surface area contributed by atoms with E-state index in [0.29, 0.717) is 10.7 Å². The second kappa shape index (κ2) is 4.79. The molecule has 0 heterocycles. The first kappa shape index (κ1) is 12.0. The first-order valence-corrected chi connectivity index (χ1v) is 6.94. The molecule has 1 aliphatic carbocycles. The van der Waals surface area contributed by atoms with Gasteiger partial charge in [-0.1, -0.05) is 28.9 Å². The second-order valence-corrected chi connectivity index (χ2v) is 6.01. The Labute approximate surface area is 106 Å². The van der Waals surface area contributed by atoms with Crippen LogP contribution in [0.25, 0.3) is 0 Å². The fraction of sp³-hybridized carbons (Fsp3) is 0.571. The molecule has 1 aliphatic rings. The van der Waals surface area contributed by atoms with Crippen molar-refractivity contribution in [2.45, 2.75) is 50.5 Å². The fourth-order valence-corrected chi connectivity index (χ4v) is 2.99. The van der Waals surface area contributed by atoms with Crippen molar-refractivity contribution in [3.63, 3.8) is 0 Å². The fourth-order valence-electron chi connectivity index (χ4n) is 2.33. The van der Waals surface area contributed by atoms with Crippen LogP contribution >= 0.6 is 15.9 Å². The van der Waals surface area contributed by atoms with Crippen LogP contribution < -0.4 is 4.74 Å². The SMILES string of the molecule is CC(C)Oc1ccc2c(c1)C(Br)CCC2C. The molecule has 1 aromatic rings. The third-order valence-electron chi connectivity index (χ3n) is 3.15. The highest BCUT2D eigenvalue weighted by atomic mass is 79.9. The van der Waals surface area contributed by atoms with Crippen molar-refractivity contribution < 1.29 is 4.74 Å². The Morgan fingerprint density at radius 2 is 2.00 bits per heavy atom. The molecule has 0 aromatic heterocycles. The molecule has 0 amide bonds. The lowest BCUT2D eigenvalue weighted by Crippen LogP contribution is -2.11. The van der Waals surface area contributed by atoms with Gasteiger partial charge in [-0.25, -0.2) is 0 Å². The molecule has 0 aliphatic heterocycles. The van der Waals surface area contributed by atoms with E-state index in [4.69, 9.17) is 4.74 Å². The molecule has 16 heavy (non-hydrogen) atoms. The Kier molecular flexibility index (Phi) is 3.58. The Morgan fingerprint density at radius 1 is 1.25 bits per heavy atom. The Balaban J connectivity index is 2.32. The molecule has 0 saturated carbocycles. The van der Waals surface area contributed by atoms with Crippen molar-refractivity contribution in [1.29, 1.82) is 0 Å². The number of alkyl halides is 1. The minimum Gasteiger partial charge on any atom is -0.491 e. The number of hydrogen-bond acceptors (Lipinski definition) is 1. The molecule has 0 fully saturated rings. The van der Waals surface area contributed by atoms with E-state index in [1.54, 1.807) is 0 Å². The zero-order valence-electron chi connectivity index (χ0n) is 10.2. The predicted molar refractivity (Wildman–Crippen MR) is 71.5 cm³/mol. The molecule has 2 rings (SSSR count). The minimum atomic E-state index is 0.243. The Morgan fingerprint density at radius 3 is 2.69 bits per heavy atom. The Bertz CT molecular complexity index is 373. The summed E-state index contributed by atoms with van der Waals surface area (Å²) < 4.78 is 5.74. The summed E-state index contributed by atoms with van der Waals surface area (Å²) in [6.07, 6.45) is 2.74. The van der Waals surface area contributed by atoms with Crippen molar-refractivity contribution in [2.75, 3.05) is 0 Å². The molecular weight excluding hydrogens is 264 g/mol. The maximum absolute atomic E-state index is 5.74. The van der Waals surface area contributed by atoms with E-state index in [2.05, 4.69) is 54.9 Å². The van der Waals surface area contributed by atoms with Crippen LogP contribution in [0.1, 0.15) is 55.5 Å². The molecular formula is C14H19BrO. The van der Waals surface area contributed by atoms with Gasteiger partial charge >= 0.3 is 0 Å². The average Bonchev–Trinajstić information content (AvgIpc) is 2.23. The van der Waals surface area contributed by atoms with Gasteiger partial charge in [-0.3, -0.25) is 0 Å². The molecule has 0 spiro atoms. The molecule has 1 nitrogen and oxygen atoms in total. The zero-order chi connectivity index (χ0) is 11.7. The van der Waals surface area contributed by atoms with Crippen molar-refractivity contribution >= 4 is 15.9 Å². The van der Waals surface area contributed by atoms with Crippen LogP contribution in [0.15, 0.2) is 18.2 Å². The van der Waals surface area contributed by atoms with Crippen LogP contribution in [0.3, 0.4) is 0 Å². The van der Waals surface area contributed by atoms with Crippen LogP contribution in [0.2, 0.25) is 0 Å². The van der Waals surface area contributed by atoms with Gasteiger partial charge < -0.3 is 4.74 Å². The maximum atomic E-state index is 5.74. The van der Waals surface area contributed by atoms with Gasteiger partial charge in [-0.2, -0.15) is 0 Å². The quantitative estimate of drug-likeness (QED) is 0.708. The summed E-state index contributed by atoms with van der Waals surface area (Å²) in [5.74, 6) is 1.67. The monoisotopic (exact) mass is 282 g/mol. The van der Waals surface area contributed by atoms with E-state index in [-0.39, 0.29) is 6.10 Å². The van der Waals surface area contributed by atoms with E-state index in [0.717, 1.165) is 5.75 Å². The van der Waals surface area contributed by atoms with E-state index in [9.17, 15) is 0 Å². The van der Waals surface area contributed by atoms with Crippen LogP contribution in [0.5, 0.6) is 5.75 Å². The highest BCUT2D eigenvalue weighted by Gasteiger charge is 2.23. The maximum Gasteiger partial charge on any atom is 0.120 e. The summed E-state index contributed by atoms with van der Waals surface area (Å²) >= 11 is 3.76. The summed E-state index contributed by atoms with van der Waals surface area (Å²) in [7, 11) is 0. The summed E-state index contributed by atoms with van der Waals surface area (Å²) in [5.41, 5.74) is 2.89. The third-order valence-corrected chi connectivity index (χ3v) is 4.10. The molecule has 0 radical (unpaired) electrons. The number of fused-ring (bicyclic) bond motifs is 1. The van der Waals surface area contributed by atoms with Gasteiger partial charge in [0.15, 0.2) is 0 Å². The first-order valence-electron chi connectivity index (χ1n) is 6.02. The standard InChI is InChI=1S/C14H19BrO/c1-9(2)16-11-5-6-12-10(3)4-7-14(15)13(12)8-11/h5-6,8-10,14H,4,7H2,1-3H3. The summed E-state index contributed by atoms with van der Waals surface area (Å²) in [4.78, 5) is 0.495. The second-order valence-electron chi connectivity index (χ2n) is 4.90. The van der Waals surface area contributed by atoms with Gasteiger partial charge in [0.05, 0.1) is 6.10 Å². The molecule has 0 saturated heterocycles. The third kappa shape index (κ3) is 2.42.